The molecule has 0 radical (unpaired) electrons. The van der Waals surface area contributed by atoms with E-state index in [-0.39, 0.29) is 28.5 Å². The number of hydrogen-bond acceptors (Lipinski definition) is 7. The number of anilines is 1. The van der Waals surface area contributed by atoms with Gasteiger partial charge in [0.2, 0.25) is 0 Å². The van der Waals surface area contributed by atoms with E-state index in [1.165, 1.54) is 29.5 Å². The molecule has 1 amide bonds. The molecule has 5 aromatic rings. The number of para-hydroxylation sites is 1. The Hall–Kier alpha value is -5.43. The second kappa shape index (κ2) is 9.21. The molecular weight excluding hydrogens is 444 g/mol. The summed E-state index contributed by atoms with van der Waals surface area (Å²) in [7, 11) is 0. The minimum absolute atomic E-state index is 0.0599. The Bertz CT molecular complexity index is 1610. The quantitative estimate of drug-likeness (QED) is 0.256. The van der Waals surface area contributed by atoms with E-state index in [1.54, 1.807) is 42.5 Å². The molecule has 0 saturated carbocycles. The lowest BCUT2D eigenvalue weighted by Crippen LogP contribution is -2.12. The minimum atomic E-state index is -0.492. The largest absolute Gasteiger partial charge is 0.505 e. The Labute approximate surface area is 199 Å². The highest BCUT2D eigenvalue weighted by Gasteiger charge is 2.20. The molecule has 0 aliphatic rings. The molecule has 0 unspecified atom stereocenters. The molecule has 3 aromatic carbocycles. The van der Waals surface area contributed by atoms with Crippen LogP contribution < -0.4 is 5.32 Å². The summed E-state index contributed by atoms with van der Waals surface area (Å²) >= 11 is 0. The van der Waals surface area contributed by atoms with Gasteiger partial charge in [0.15, 0.2) is 17.4 Å². The fourth-order valence-electron chi connectivity index (χ4n) is 3.52. The van der Waals surface area contributed by atoms with Gasteiger partial charge in [-0.3, -0.25) is 9.78 Å². The first-order chi connectivity index (χ1) is 17.2. The maximum absolute atomic E-state index is 13.2. The van der Waals surface area contributed by atoms with Crippen LogP contribution in [0.3, 0.4) is 0 Å². The van der Waals surface area contributed by atoms with Gasteiger partial charge in [0.05, 0.1) is 24.5 Å². The molecule has 2 heterocycles. The molecule has 0 bridgehead atoms. The summed E-state index contributed by atoms with van der Waals surface area (Å²) in [6, 6.07) is 17.7. The van der Waals surface area contributed by atoms with Crippen molar-refractivity contribution in [2.24, 2.45) is 10.2 Å². The van der Waals surface area contributed by atoms with Crippen LogP contribution >= 0.6 is 0 Å². The van der Waals surface area contributed by atoms with E-state index in [4.69, 9.17) is 6.57 Å². The van der Waals surface area contributed by atoms with Crippen LogP contribution in [-0.2, 0) is 0 Å². The van der Waals surface area contributed by atoms with E-state index < -0.39 is 5.91 Å². The third-order valence-electron chi connectivity index (χ3n) is 5.13. The molecule has 10 heteroatoms. The number of nitrogens with one attached hydrogen (secondary N) is 1. The number of fused-ring (bicyclic) bond motifs is 1. The van der Waals surface area contributed by atoms with E-state index >= 15 is 0 Å². The minimum Gasteiger partial charge on any atom is -0.505 e. The van der Waals surface area contributed by atoms with Gasteiger partial charge in [0.1, 0.15) is 5.69 Å². The van der Waals surface area contributed by atoms with Crippen LogP contribution in [0.15, 0.2) is 95.7 Å². The Morgan fingerprint density at radius 1 is 1.03 bits per heavy atom. The number of nitrogens with zero attached hydrogens (tertiary/aromatic N) is 7. The number of benzene rings is 3. The van der Waals surface area contributed by atoms with E-state index in [1.807, 2.05) is 18.2 Å². The zero-order valence-corrected chi connectivity index (χ0v) is 18.1. The maximum atomic E-state index is 13.2. The number of phenols is 1. The van der Waals surface area contributed by atoms with Crippen LogP contribution in [0.2, 0.25) is 0 Å². The average Bonchev–Trinajstić information content (AvgIpc) is 3.31. The van der Waals surface area contributed by atoms with Gasteiger partial charge in [-0.15, -0.1) is 10.2 Å². The third kappa shape index (κ3) is 4.17. The summed E-state index contributed by atoms with van der Waals surface area (Å²) in [6.45, 7) is 7.42. The Morgan fingerprint density at radius 3 is 2.60 bits per heavy atom. The Morgan fingerprint density at radius 2 is 1.83 bits per heavy atom. The van der Waals surface area contributed by atoms with Gasteiger partial charge in [0, 0.05) is 18.1 Å². The molecule has 2 N–H and O–H groups in total. The predicted molar refractivity (Wildman–Crippen MR) is 130 cm³/mol. The number of hydrogen-bond donors (Lipinski definition) is 2. The number of aromatic hydroxyl groups is 1. The fraction of sp³-hybridized carbons (Fsp3) is 0. The summed E-state index contributed by atoms with van der Waals surface area (Å²) in [5, 5.41) is 27.6. The molecular formula is C25H16N8O2. The van der Waals surface area contributed by atoms with Crippen molar-refractivity contribution in [1.82, 2.24) is 19.7 Å². The number of azo groups is 1. The molecule has 5 rings (SSSR count). The molecule has 0 aliphatic carbocycles. The van der Waals surface area contributed by atoms with E-state index in [2.05, 4.69) is 35.5 Å². The summed E-state index contributed by atoms with van der Waals surface area (Å²) in [6.07, 6.45) is 5.82. The molecule has 168 valence electrons. The number of aromatic nitrogens is 4. The molecule has 0 aliphatic heterocycles. The molecule has 0 atom stereocenters. The number of carbonyl (C=O) groups is 1. The lowest BCUT2D eigenvalue weighted by molar-refractivity contribution is 0.102. The first kappa shape index (κ1) is 21.4. The highest BCUT2D eigenvalue weighted by atomic mass is 16.3. The van der Waals surface area contributed by atoms with Gasteiger partial charge in [-0.2, -0.15) is 5.10 Å². The standard InChI is InChI=1S/C25H16N8O2/c1-26-20-14-29-33(21-15-27-11-12-28-21)24(20)32-31-19-13-16-7-5-6-10-18(16)22(23(19)34)25(35)30-17-8-3-2-4-9-17/h2-15,34H,(H,30,35). The van der Waals surface area contributed by atoms with Crippen LogP contribution in [-0.4, -0.2) is 30.8 Å². The van der Waals surface area contributed by atoms with E-state index in [0.717, 1.165) is 0 Å². The van der Waals surface area contributed by atoms with Crippen LogP contribution in [0.1, 0.15) is 10.4 Å². The molecule has 35 heavy (non-hydrogen) atoms. The zero-order valence-electron chi connectivity index (χ0n) is 18.1. The maximum Gasteiger partial charge on any atom is 0.260 e. The van der Waals surface area contributed by atoms with Crippen molar-refractivity contribution in [3.63, 3.8) is 0 Å². The predicted octanol–water partition coefficient (Wildman–Crippen LogP) is 5.74. The van der Waals surface area contributed by atoms with Crippen molar-refractivity contribution in [1.29, 1.82) is 0 Å². The van der Waals surface area contributed by atoms with Gasteiger partial charge < -0.3 is 10.4 Å². The molecule has 2 aromatic heterocycles. The lowest BCUT2D eigenvalue weighted by Gasteiger charge is -2.12. The van der Waals surface area contributed by atoms with E-state index in [0.29, 0.717) is 22.3 Å². The zero-order chi connectivity index (χ0) is 24.2. The topological polar surface area (TPSA) is 122 Å². The van der Waals surface area contributed by atoms with Crippen LogP contribution in [0.4, 0.5) is 22.9 Å². The number of carbonyl (C=O) groups excluding carboxylic acids is 1. The first-order valence-corrected chi connectivity index (χ1v) is 10.4. The number of amides is 1. The van der Waals surface area contributed by atoms with Crippen molar-refractivity contribution in [3.8, 4) is 11.6 Å². The highest BCUT2D eigenvalue weighted by molar-refractivity contribution is 6.16. The summed E-state index contributed by atoms with van der Waals surface area (Å²) in [5.74, 6) is -0.366. The average molecular weight is 460 g/mol. The van der Waals surface area contributed by atoms with Gasteiger partial charge in [-0.1, -0.05) is 42.5 Å². The normalized spacial score (nSPS) is 10.9. The third-order valence-corrected chi connectivity index (χ3v) is 5.13. The molecule has 10 nitrogen and oxygen atoms in total. The Balaban J connectivity index is 1.60. The van der Waals surface area contributed by atoms with Crippen molar-refractivity contribution < 1.29 is 9.90 Å². The SMILES string of the molecule is [C-]#[N+]c1cnn(-c2cnccn2)c1N=Nc1cc2ccccc2c(C(=O)Nc2ccccc2)c1O. The van der Waals surface area contributed by atoms with Gasteiger partial charge >= 0.3 is 0 Å². The summed E-state index contributed by atoms with van der Waals surface area (Å²) in [5.41, 5.74) is 0.850. The van der Waals surface area contributed by atoms with Crippen molar-refractivity contribution in [3.05, 3.63) is 102 Å². The molecule has 0 saturated heterocycles. The van der Waals surface area contributed by atoms with Crippen LogP contribution in [0, 0.1) is 6.57 Å². The first-order valence-electron chi connectivity index (χ1n) is 10.4. The summed E-state index contributed by atoms with van der Waals surface area (Å²) < 4.78 is 1.32. The van der Waals surface area contributed by atoms with Gasteiger partial charge in [0.25, 0.3) is 11.6 Å². The van der Waals surface area contributed by atoms with Crippen molar-refractivity contribution >= 4 is 39.6 Å². The monoisotopic (exact) mass is 460 g/mol. The van der Waals surface area contributed by atoms with E-state index in [9.17, 15) is 9.90 Å². The van der Waals surface area contributed by atoms with Crippen LogP contribution in [0.25, 0.3) is 21.4 Å². The van der Waals surface area contributed by atoms with Crippen molar-refractivity contribution in [2.75, 3.05) is 5.32 Å². The fourth-order valence-corrected chi connectivity index (χ4v) is 3.52. The Kier molecular flexibility index (Phi) is 5.63. The molecule has 0 fully saturated rings. The van der Waals surface area contributed by atoms with Gasteiger partial charge in [-0.25, -0.2) is 14.5 Å². The second-order valence-corrected chi connectivity index (χ2v) is 7.30. The number of phenolic OH excluding ortho intramolecular Hbond substituents is 1. The smallest absolute Gasteiger partial charge is 0.260 e. The number of rotatable bonds is 5. The second-order valence-electron chi connectivity index (χ2n) is 7.30. The van der Waals surface area contributed by atoms with Crippen molar-refractivity contribution in [2.45, 2.75) is 0 Å². The lowest BCUT2D eigenvalue weighted by atomic mass is 10.0. The highest BCUT2D eigenvalue weighted by Crippen LogP contribution is 2.39. The van der Waals surface area contributed by atoms with Crippen LogP contribution in [0.5, 0.6) is 5.75 Å². The molecule has 0 spiro atoms. The summed E-state index contributed by atoms with van der Waals surface area (Å²) in [4.78, 5) is 24.8. The van der Waals surface area contributed by atoms with Gasteiger partial charge in [-0.05, 0) is 29.0 Å².